The van der Waals surface area contributed by atoms with Crippen LogP contribution in [0.1, 0.15) is 0 Å². The Balaban J connectivity index is 2.21. The maximum atomic E-state index is 10.3. The molecule has 0 saturated heterocycles. The number of fused-ring (bicyclic) bond motifs is 1. The zero-order chi connectivity index (χ0) is 10.8. The van der Waals surface area contributed by atoms with Crippen molar-refractivity contribution < 1.29 is 24.1 Å². The van der Waals surface area contributed by atoms with E-state index in [4.69, 9.17) is 19.3 Å². The number of hydrogen-bond acceptors (Lipinski definition) is 4. The van der Waals surface area contributed by atoms with Crippen LogP contribution in [-0.4, -0.2) is 24.5 Å². The third kappa shape index (κ3) is 2.15. The lowest BCUT2D eigenvalue weighted by Crippen LogP contribution is -2.09. The van der Waals surface area contributed by atoms with E-state index in [1.807, 2.05) is 0 Å². The van der Waals surface area contributed by atoms with Crippen LogP contribution >= 0.6 is 15.9 Å². The topological polar surface area (TPSA) is 65.0 Å². The molecule has 0 spiro atoms. The van der Waals surface area contributed by atoms with Crippen molar-refractivity contribution in [3.63, 3.8) is 0 Å². The molecular formula is C9H7BrO5. The van der Waals surface area contributed by atoms with Crippen LogP contribution in [0.25, 0.3) is 0 Å². The molecule has 0 fully saturated rings. The Morgan fingerprint density at radius 1 is 1.47 bits per heavy atom. The number of aliphatic carboxylic acids is 1. The molecule has 0 unspecified atom stereocenters. The molecule has 0 atom stereocenters. The van der Waals surface area contributed by atoms with E-state index in [2.05, 4.69) is 15.9 Å². The number of rotatable bonds is 3. The molecule has 1 aromatic carbocycles. The van der Waals surface area contributed by atoms with Crippen LogP contribution in [0.3, 0.4) is 0 Å². The molecule has 1 aromatic rings. The summed E-state index contributed by atoms with van der Waals surface area (Å²) in [5.41, 5.74) is 0. The first-order valence-electron chi connectivity index (χ1n) is 4.10. The zero-order valence-corrected chi connectivity index (χ0v) is 9.11. The molecule has 0 bridgehead atoms. The van der Waals surface area contributed by atoms with Crippen molar-refractivity contribution in [3.8, 4) is 17.2 Å². The maximum absolute atomic E-state index is 10.3. The highest BCUT2D eigenvalue weighted by atomic mass is 79.9. The van der Waals surface area contributed by atoms with Gasteiger partial charge >= 0.3 is 5.97 Å². The highest BCUT2D eigenvalue weighted by Crippen LogP contribution is 2.40. The lowest BCUT2D eigenvalue weighted by molar-refractivity contribution is -0.139. The fourth-order valence-corrected chi connectivity index (χ4v) is 1.59. The largest absolute Gasteiger partial charge is 0.481 e. The Bertz CT molecular complexity index is 404. The number of carboxylic acids is 1. The van der Waals surface area contributed by atoms with Crippen LogP contribution < -0.4 is 14.2 Å². The Morgan fingerprint density at radius 2 is 2.13 bits per heavy atom. The normalized spacial score (nSPS) is 12.6. The van der Waals surface area contributed by atoms with Gasteiger partial charge in [0.1, 0.15) is 5.75 Å². The fourth-order valence-electron chi connectivity index (χ4n) is 1.15. The second-order valence-electron chi connectivity index (χ2n) is 2.82. The number of ether oxygens (including phenoxy) is 3. The summed E-state index contributed by atoms with van der Waals surface area (Å²) in [7, 11) is 0. The van der Waals surface area contributed by atoms with Crippen molar-refractivity contribution in [1.82, 2.24) is 0 Å². The average molecular weight is 275 g/mol. The molecule has 0 saturated carbocycles. The van der Waals surface area contributed by atoms with Crippen molar-refractivity contribution in [2.45, 2.75) is 0 Å². The number of hydrogen-bond donors (Lipinski definition) is 1. The van der Waals surface area contributed by atoms with E-state index in [-0.39, 0.29) is 6.79 Å². The SMILES string of the molecule is O=C(O)COc1cc2c(cc1Br)OCO2. The Morgan fingerprint density at radius 3 is 2.80 bits per heavy atom. The molecule has 1 heterocycles. The van der Waals surface area contributed by atoms with Gasteiger partial charge in [0.2, 0.25) is 6.79 Å². The van der Waals surface area contributed by atoms with E-state index in [0.717, 1.165) is 0 Å². The van der Waals surface area contributed by atoms with Gasteiger partial charge in [-0.1, -0.05) is 0 Å². The minimum atomic E-state index is -1.03. The number of halogens is 1. The predicted molar refractivity (Wildman–Crippen MR) is 53.4 cm³/mol. The summed E-state index contributed by atoms with van der Waals surface area (Å²) < 4.78 is 15.9. The van der Waals surface area contributed by atoms with E-state index in [9.17, 15) is 4.79 Å². The first-order chi connectivity index (χ1) is 7.16. The second-order valence-corrected chi connectivity index (χ2v) is 3.67. The fraction of sp³-hybridized carbons (Fsp3) is 0.222. The van der Waals surface area contributed by atoms with Crippen LogP contribution in [-0.2, 0) is 4.79 Å². The Hall–Kier alpha value is -1.43. The third-order valence-electron chi connectivity index (χ3n) is 1.78. The third-order valence-corrected chi connectivity index (χ3v) is 2.40. The molecular weight excluding hydrogens is 268 g/mol. The smallest absolute Gasteiger partial charge is 0.341 e. The monoisotopic (exact) mass is 274 g/mol. The van der Waals surface area contributed by atoms with Crippen LogP contribution in [0.5, 0.6) is 17.2 Å². The molecule has 15 heavy (non-hydrogen) atoms. The molecule has 5 nitrogen and oxygen atoms in total. The molecule has 1 N–H and O–H groups in total. The summed E-state index contributed by atoms with van der Waals surface area (Å²) in [5, 5.41) is 8.46. The predicted octanol–water partition coefficient (Wildman–Crippen LogP) is 1.64. The lowest BCUT2D eigenvalue weighted by Gasteiger charge is -2.06. The lowest BCUT2D eigenvalue weighted by atomic mass is 10.3. The summed E-state index contributed by atoms with van der Waals surface area (Å²) in [6, 6.07) is 3.27. The van der Waals surface area contributed by atoms with Crippen molar-refractivity contribution in [2.24, 2.45) is 0 Å². The molecule has 0 amide bonds. The number of carbonyl (C=O) groups is 1. The van der Waals surface area contributed by atoms with Gasteiger partial charge in [-0.15, -0.1) is 0 Å². The molecule has 0 radical (unpaired) electrons. The van der Waals surface area contributed by atoms with Gasteiger partial charge in [0.15, 0.2) is 18.1 Å². The Kier molecular flexibility index (Phi) is 2.68. The van der Waals surface area contributed by atoms with Gasteiger partial charge < -0.3 is 19.3 Å². The highest BCUT2D eigenvalue weighted by molar-refractivity contribution is 9.10. The summed E-state index contributed by atoms with van der Waals surface area (Å²) in [5.74, 6) is 0.560. The zero-order valence-electron chi connectivity index (χ0n) is 7.53. The van der Waals surface area contributed by atoms with Gasteiger partial charge in [-0.2, -0.15) is 0 Å². The summed E-state index contributed by atoms with van der Waals surface area (Å²) in [4.78, 5) is 10.3. The van der Waals surface area contributed by atoms with Crippen LogP contribution in [0.2, 0.25) is 0 Å². The van der Waals surface area contributed by atoms with Crippen molar-refractivity contribution >= 4 is 21.9 Å². The van der Waals surface area contributed by atoms with E-state index in [1.165, 1.54) is 0 Å². The maximum Gasteiger partial charge on any atom is 0.341 e. The summed E-state index contributed by atoms with van der Waals surface area (Å²) >= 11 is 3.25. The summed E-state index contributed by atoms with van der Waals surface area (Å²) in [6.07, 6.45) is 0. The van der Waals surface area contributed by atoms with Gasteiger partial charge in [0, 0.05) is 12.1 Å². The van der Waals surface area contributed by atoms with Gasteiger partial charge in [-0.3, -0.25) is 0 Å². The standard InChI is InChI=1S/C9H7BrO5/c10-5-1-7-8(15-4-14-7)2-6(5)13-3-9(11)12/h1-2H,3-4H2,(H,11,12). The molecule has 1 aliphatic rings. The number of benzene rings is 1. The van der Waals surface area contributed by atoms with E-state index < -0.39 is 12.6 Å². The molecule has 0 aromatic heterocycles. The molecule has 0 aliphatic carbocycles. The average Bonchev–Trinajstić information content (AvgIpc) is 2.60. The van der Waals surface area contributed by atoms with Gasteiger partial charge in [-0.05, 0) is 15.9 Å². The Labute approximate surface area is 93.7 Å². The first kappa shape index (κ1) is 10.1. The van der Waals surface area contributed by atoms with E-state index >= 15 is 0 Å². The molecule has 2 rings (SSSR count). The van der Waals surface area contributed by atoms with Gasteiger partial charge in [0.05, 0.1) is 4.47 Å². The van der Waals surface area contributed by atoms with E-state index in [1.54, 1.807) is 12.1 Å². The van der Waals surface area contributed by atoms with Crippen molar-refractivity contribution in [3.05, 3.63) is 16.6 Å². The van der Waals surface area contributed by atoms with Gasteiger partial charge in [-0.25, -0.2) is 4.79 Å². The van der Waals surface area contributed by atoms with Crippen LogP contribution in [0, 0.1) is 0 Å². The minimum Gasteiger partial charge on any atom is -0.481 e. The quantitative estimate of drug-likeness (QED) is 0.908. The van der Waals surface area contributed by atoms with Crippen molar-refractivity contribution in [2.75, 3.05) is 13.4 Å². The van der Waals surface area contributed by atoms with E-state index in [0.29, 0.717) is 21.7 Å². The molecule has 6 heteroatoms. The molecule has 1 aliphatic heterocycles. The van der Waals surface area contributed by atoms with Gasteiger partial charge in [0.25, 0.3) is 0 Å². The summed E-state index contributed by atoms with van der Waals surface area (Å²) in [6.45, 7) is -0.220. The highest BCUT2D eigenvalue weighted by Gasteiger charge is 2.17. The second kappa shape index (κ2) is 3.98. The number of carboxylic acid groups (broad SMARTS) is 1. The molecule has 80 valence electrons. The first-order valence-corrected chi connectivity index (χ1v) is 4.90. The van der Waals surface area contributed by atoms with Crippen LogP contribution in [0.4, 0.5) is 0 Å². The van der Waals surface area contributed by atoms with Crippen LogP contribution in [0.15, 0.2) is 16.6 Å². The minimum absolute atomic E-state index is 0.171. The van der Waals surface area contributed by atoms with Crippen molar-refractivity contribution in [1.29, 1.82) is 0 Å².